The van der Waals surface area contributed by atoms with Crippen molar-refractivity contribution in [2.75, 3.05) is 18.8 Å². The van der Waals surface area contributed by atoms with E-state index in [1.807, 2.05) is 0 Å². The summed E-state index contributed by atoms with van der Waals surface area (Å²) in [4.78, 5) is 30.2. The summed E-state index contributed by atoms with van der Waals surface area (Å²) in [6.45, 7) is 2.12. The molecule has 0 amide bonds. The maximum atomic E-state index is 12.3. The molecule has 0 aliphatic carbocycles. The number of thioether (sulfide) groups is 1. The number of hydrogen-bond acceptors (Lipinski definition) is 6. The second-order valence-corrected chi connectivity index (χ2v) is 6.33. The second-order valence-electron chi connectivity index (χ2n) is 5.32. The molecule has 2 bridgehead atoms. The van der Waals surface area contributed by atoms with Crippen LogP contribution in [-0.2, 0) is 4.79 Å². The molecule has 3 aliphatic rings. The van der Waals surface area contributed by atoms with E-state index >= 15 is 0 Å². The molecular weight excluding hydrogens is 274 g/mol. The van der Waals surface area contributed by atoms with Gasteiger partial charge in [-0.1, -0.05) is 0 Å². The highest BCUT2D eigenvalue weighted by Crippen LogP contribution is 2.32. The van der Waals surface area contributed by atoms with Crippen LogP contribution in [0.5, 0.6) is 0 Å². The predicted octanol–water partition coefficient (Wildman–Crippen LogP) is 1.11. The third-order valence-corrected chi connectivity index (χ3v) is 5.33. The Hall–Kier alpha value is -1.47. The van der Waals surface area contributed by atoms with E-state index in [1.54, 1.807) is 18.1 Å². The van der Waals surface area contributed by atoms with Gasteiger partial charge in [0.15, 0.2) is 11.4 Å². The van der Waals surface area contributed by atoms with Crippen LogP contribution in [0.1, 0.15) is 12.8 Å². The Balaban J connectivity index is 1.53. The predicted molar refractivity (Wildman–Crippen MR) is 75.5 cm³/mol. The van der Waals surface area contributed by atoms with Crippen molar-refractivity contribution in [3.05, 3.63) is 12.7 Å². The van der Waals surface area contributed by atoms with Crippen LogP contribution in [0.15, 0.2) is 17.7 Å². The van der Waals surface area contributed by atoms with Crippen molar-refractivity contribution in [1.29, 1.82) is 0 Å². The molecule has 1 unspecified atom stereocenters. The smallest absolute Gasteiger partial charge is 0.181 e. The number of nitrogens with one attached hydrogen (secondary N) is 1. The topological polar surface area (TPSA) is 74.8 Å². The Morgan fingerprint density at radius 2 is 2.15 bits per heavy atom. The Kier molecular flexibility index (Phi) is 2.96. The van der Waals surface area contributed by atoms with Crippen LogP contribution in [-0.4, -0.2) is 55.5 Å². The van der Waals surface area contributed by atoms with Gasteiger partial charge in [0.2, 0.25) is 0 Å². The highest BCUT2D eigenvalue weighted by Gasteiger charge is 2.40. The minimum atomic E-state index is 0.0560. The van der Waals surface area contributed by atoms with Crippen LogP contribution in [0, 0.1) is 5.92 Å². The molecule has 6 nitrogen and oxygen atoms in total. The summed E-state index contributed by atoms with van der Waals surface area (Å²) in [7, 11) is 0. The first-order valence-electron chi connectivity index (χ1n) is 6.87. The van der Waals surface area contributed by atoms with Crippen LogP contribution in [0.25, 0.3) is 11.2 Å². The van der Waals surface area contributed by atoms with Gasteiger partial charge in [0, 0.05) is 11.7 Å². The number of piperidine rings is 3. The molecule has 2 aromatic heterocycles. The average Bonchev–Trinajstić information content (AvgIpc) is 2.96. The molecule has 3 saturated heterocycles. The molecule has 0 aromatic carbocycles. The average molecular weight is 289 g/mol. The minimum absolute atomic E-state index is 0.0560. The Bertz CT molecular complexity index is 649. The number of carbonyl (C=O) groups excluding carboxylic acids is 1. The number of H-pyrrole nitrogens is 1. The molecule has 5 heterocycles. The number of ketones is 1. The molecule has 104 valence electrons. The molecule has 20 heavy (non-hydrogen) atoms. The van der Waals surface area contributed by atoms with Crippen molar-refractivity contribution >= 4 is 28.7 Å². The van der Waals surface area contributed by atoms with Gasteiger partial charge in [0.1, 0.15) is 16.9 Å². The van der Waals surface area contributed by atoms with Crippen molar-refractivity contribution in [1.82, 2.24) is 24.8 Å². The highest BCUT2D eigenvalue weighted by molar-refractivity contribution is 7.99. The van der Waals surface area contributed by atoms with E-state index in [9.17, 15) is 4.79 Å². The first-order valence-corrected chi connectivity index (χ1v) is 7.86. The highest BCUT2D eigenvalue weighted by atomic mass is 32.2. The van der Waals surface area contributed by atoms with Crippen LogP contribution >= 0.6 is 11.8 Å². The third kappa shape index (κ3) is 1.92. The minimum Gasteiger partial charge on any atom is -0.341 e. The van der Waals surface area contributed by atoms with Crippen LogP contribution in [0.4, 0.5) is 0 Å². The number of fused-ring (bicyclic) bond motifs is 4. The van der Waals surface area contributed by atoms with Crippen LogP contribution < -0.4 is 0 Å². The van der Waals surface area contributed by atoms with Gasteiger partial charge in [-0.3, -0.25) is 9.69 Å². The summed E-state index contributed by atoms with van der Waals surface area (Å²) < 4.78 is 0. The summed E-state index contributed by atoms with van der Waals surface area (Å²) in [5.74, 6) is 1.48. The summed E-state index contributed by atoms with van der Waals surface area (Å²) in [5, 5.41) is 0.878. The Morgan fingerprint density at radius 3 is 2.95 bits per heavy atom. The molecule has 7 heteroatoms. The molecule has 2 aromatic rings. The van der Waals surface area contributed by atoms with Gasteiger partial charge in [0.25, 0.3) is 0 Å². The lowest BCUT2D eigenvalue weighted by Gasteiger charge is -2.43. The summed E-state index contributed by atoms with van der Waals surface area (Å²) in [6, 6.07) is 0.0560. The zero-order valence-corrected chi connectivity index (χ0v) is 11.8. The molecule has 0 radical (unpaired) electrons. The van der Waals surface area contributed by atoms with E-state index in [0.29, 0.717) is 17.3 Å². The molecule has 3 fully saturated rings. The van der Waals surface area contributed by atoms with Gasteiger partial charge >= 0.3 is 0 Å². The molecule has 1 atom stereocenters. The first-order chi connectivity index (χ1) is 9.83. The fourth-order valence-electron chi connectivity index (χ4n) is 3.15. The molecule has 0 spiro atoms. The molecule has 5 rings (SSSR count). The zero-order chi connectivity index (χ0) is 13.5. The number of hydrogen-bond donors (Lipinski definition) is 1. The molecule has 1 N–H and O–H groups in total. The Morgan fingerprint density at radius 1 is 1.30 bits per heavy atom. The number of aromatic nitrogens is 4. The van der Waals surface area contributed by atoms with Crippen LogP contribution in [0.3, 0.4) is 0 Å². The van der Waals surface area contributed by atoms with E-state index in [-0.39, 0.29) is 6.04 Å². The number of carbonyl (C=O) groups is 1. The fraction of sp³-hybridized carbons (Fsp3) is 0.538. The van der Waals surface area contributed by atoms with Crippen molar-refractivity contribution in [2.45, 2.75) is 23.9 Å². The molecular formula is C13H15N5OS. The lowest BCUT2D eigenvalue weighted by atomic mass is 9.83. The lowest BCUT2D eigenvalue weighted by Crippen LogP contribution is -2.56. The van der Waals surface area contributed by atoms with E-state index in [1.165, 1.54) is 6.33 Å². The van der Waals surface area contributed by atoms with Gasteiger partial charge < -0.3 is 4.98 Å². The number of rotatable bonds is 3. The number of nitrogens with zero attached hydrogens (tertiary/aromatic N) is 4. The summed E-state index contributed by atoms with van der Waals surface area (Å²) in [5.41, 5.74) is 1.54. The van der Waals surface area contributed by atoms with E-state index in [2.05, 4.69) is 24.8 Å². The maximum absolute atomic E-state index is 12.3. The normalized spacial score (nSPS) is 29.2. The molecule has 0 saturated carbocycles. The standard InChI is InChI=1S/C13H15N5OS/c19-11-8-1-3-18(4-2-8)9(11)5-20-13-10-12(15-6-14-10)16-7-17-13/h6-9H,1-5H2,(H,14,15,16,17). The van der Waals surface area contributed by atoms with Gasteiger partial charge in [-0.25, -0.2) is 15.0 Å². The largest absolute Gasteiger partial charge is 0.341 e. The van der Waals surface area contributed by atoms with Crippen molar-refractivity contribution in [3.63, 3.8) is 0 Å². The van der Waals surface area contributed by atoms with Crippen molar-refractivity contribution in [3.8, 4) is 0 Å². The molecule has 3 aliphatic heterocycles. The van der Waals surface area contributed by atoms with E-state index in [4.69, 9.17) is 0 Å². The van der Waals surface area contributed by atoms with Gasteiger partial charge in [0.05, 0.1) is 12.4 Å². The first kappa shape index (κ1) is 12.3. The van der Waals surface area contributed by atoms with E-state index in [0.717, 1.165) is 42.2 Å². The SMILES string of the molecule is O=C1C2CCN(CC2)C1CSc1ncnc2nc[nH]c12. The third-order valence-electron chi connectivity index (χ3n) is 4.27. The van der Waals surface area contributed by atoms with Gasteiger partial charge in [-0.05, 0) is 25.9 Å². The maximum Gasteiger partial charge on any atom is 0.181 e. The monoisotopic (exact) mass is 289 g/mol. The number of aromatic amines is 1. The summed E-state index contributed by atoms with van der Waals surface area (Å²) in [6.07, 6.45) is 5.23. The number of imidazole rings is 1. The summed E-state index contributed by atoms with van der Waals surface area (Å²) >= 11 is 1.62. The lowest BCUT2D eigenvalue weighted by molar-refractivity contribution is -0.135. The van der Waals surface area contributed by atoms with Crippen molar-refractivity contribution in [2.24, 2.45) is 5.92 Å². The fourth-order valence-corrected chi connectivity index (χ4v) is 4.25. The van der Waals surface area contributed by atoms with Gasteiger partial charge in [-0.15, -0.1) is 11.8 Å². The quantitative estimate of drug-likeness (QED) is 0.674. The second kappa shape index (κ2) is 4.82. The Labute approximate surface area is 120 Å². The number of Topliss-reactive ketones (excluding diaryl/α,β-unsaturated/α-hetero) is 1. The zero-order valence-electron chi connectivity index (χ0n) is 11.0. The van der Waals surface area contributed by atoms with E-state index < -0.39 is 0 Å². The van der Waals surface area contributed by atoms with Crippen molar-refractivity contribution < 1.29 is 4.79 Å². The van der Waals surface area contributed by atoms with Gasteiger partial charge in [-0.2, -0.15) is 0 Å². The van der Waals surface area contributed by atoms with Crippen LogP contribution in [0.2, 0.25) is 0 Å².